The van der Waals surface area contributed by atoms with E-state index in [1.807, 2.05) is 0 Å². The average Bonchev–Trinajstić information content (AvgIpc) is 2.93. The van der Waals surface area contributed by atoms with E-state index in [0.717, 1.165) is 25.3 Å². The molecular formula is C15H24N4. The van der Waals surface area contributed by atoms with Gasteiger partial charge in [-0.1, -0.05) is 26.2 Å². The van der Waals surface area contributed by atoms with Crippen molar-refractivity contribution in [1.29, 1.82) is 5.26 Å². The smallest absolute Gasteiger partial charge is 0.0764 e. The summed E-state index contributed by atoms with van der Waals surface area (Å²) in [5.41, 5.74) is 1.13. The van der Waals surface area contributed by atoms with Gasteiger partial charge in [0.15, 0.2) is 0 Å². The molecule has 1 saturated carbocycles. The Labute approximate surface area is 116 Å². The van der Waals surface area contributed by atoms with E-state index in [4.69, 9.17) is 10.4 Å². The van der Waals surface area contributed by atoms with Gasteiger partial charge in [-0.3, -0.25) is 9.58 Å². The lowest BCUT2D eigenvalue weighted by Gasteiger charge is -2.22. The predicted octanol–water partition coefficient (Wildman–Crippen LogP) is 3.12. The van der Waals surface area contributed by atoms with Gasteiger partial charge in [0.2, 0.25) is 0 Å². The van der Waals surface area contributed by atoms with Crippen molar-refractivity contribution in [3.8, 4) is 6.07 Å². The Kier molecular flexibility index (Phi) is 5.41. The van der Waals surface area contributed by atoms with Gasteiger partial charge in [0, 0.05) is 25.7 Å². The first kappa shape index (κ1) is 14.1. The topological polar surface area (TPSA) is 44.9 Å². The first-order chi connectivity index (χ1) is 9.33. The first-order valence-corrected chi connectivity index (χ1v) is 7.47. The molecule has 0 unspecified atom stereocenters. The standard InChI is InChI=1S/C15H24N4/c1-2-18(11-6-10-16)13-14-9-12-19(17-14)15-7-4-3-5-8-15/h9,12,15H,2-8,11,13H2,1H3. The van der Waals surface area contributed by atoms with Gasteiger partial charge in [-0.25, -0.2) is 0 Å². The lowest BCUT2D eigenvalue weighted by atomic mass is 9.96. The predicted molar refractivity (Wildman–Crippen MR) is 75.5 cm³/mol. The summed E-state index contributed by atoms with van der Waals surface area (Å²) >= 11 is 0. The Hall–Kier alpha value is -1.34. The Morgan fingerprint density at radius 1 is 1.42 bits per heavy atom. The van der Waals surface area contributed by atoms with Crippen LogP contribution in [-0.2, 0) is 6.54 Å². The van der Waals surface area contributed by atoms with Crippen LogP contribution >= 0.6 is 0 Å². The molecule has 1 aromatic heterocycles. The molecule has 0 N–H and O–H groups in total. The molecule has 1 aliphatic carbocycles. The summed E-state index contributed by atoms with van der Waals surface area (Å²) in [6.07, 6.45) is 9.31. The molecule has 2 rings (SSSR count). The lowest BCUT2D eigenvalue weighted by Crippen LogP contribution is -2.24. The van der Waals surface area contributed by atoms with Crippen molar-refractivity contribution >= 4 is 0 Å². The molecule has 104 valence electrons. The van der Waals surface area contributed by atoms with Crippen LogP contribution in [0.5, 0.6) is 0 Å². The molecule has 0 saturated heterocycles. The second-order valence-electron chi connectivity index (χ2n) is 5.36. The minimum absolute atomic E-state index is 0.594. The zero-order valence-electron chi connectivity index (χ0n) is 11.9. The van der Waals surface area contributed by atoms with Crippen molar-refractivity contribution in [1.82, 2.24) is 14.7 Å². The molecule has 1 fully saturated rings. The summed E-state index contributed by atoms with van der Waals surface area (Å²) in [5.74, 6) is 0. The maximum absolute atomic E-state index is 8.65. The third-order valence-electron chi connectivity index (χ3n) is 3.99. The number of nitriles is 1. The van der Waals surface area contributed by atoms with E-state index < -0.39 is 0 Å². The largest absolute Gasteiger partial charge is 0.297 e. The second kappa shape index (κ2) is 7.30. The van der Waals surface area contributed by atoms with Crippen LogP contribution in [0.3, 0.4) is 0 Å². The van der Waals surface area contributed by atoms with Gasteiger partial charge in [0.25, 0.3) is 0 Å². The molecule has 4 heteroatoms. The number of nitrogens with zero attached hydrogens (tertiary/aromatic N) is 4. The van der Waals surface area contributed by atoms with Gasteiger partial charge in [-0.15, -0.1) is 0 Å². The molecule has 1 aliphatic rings. The summed E-state index contributed by atoms with van der Waals surface area (Å²) in [6.45, 7) is 4.80. The monoisotopic (exact) mass is 260 g/mol. The van der Waals surface area contributed by atoms with Crippen molar-refractivity contribution in [2.75, 3.05) is 13.1 Å². The normalized spacial score (nSPS) is 16.7. The van der Waals surface area contributed by atoms with Crippen LogP contribution in [0.25, 0.3) is 0 Å². The van der Waals surface area contributed by atoms with Crippen molar-refractivity contribution < 1.29 is 0 Å². The van der Waals surface area contributed by atoms with E-state index in [2.05, 4.69) is 34.8 Å². The minimum atomic E-state index is 0.594. The van der Waals surface area contributed by atoms with E-state index in [0.29, 0.717) is 12.5 Å². The van der Waals surface area contributed by atoms with Crippen molar-refractivity contribution in [3.63, 3.8) is 0 Å². The van der Waals surface area contributed by atoms with Gasteiger partial charge in [0.05, 0.1) is 17.8 Å². The van der Waals surface area contributed by atoms with Gasteiger partial charge < -0.3 is 0 Å². The molecule has 0 radical (unpaired) electrons. The molecule has 0 amide bonds. The Bertz CT molecular complexity index is 412. The van der Waals surface area contributed by atoms with E-state index in [1.54, 1.807) is 0 Å². The van der Waals surface area contributed by atoms with E-state index >= 15 is 0 Å². The number of hydrogen-bond acceptors (Lipinski definition) is 3. The number of aromatic nitrogens is 2. The maximum Gasteiger partial charge on any atom is 0.0764 e. The lowest BCUT2D eigenvalue weighted by molar-refractivity contribution is 0.278. The van der Waals surface area contributed by atoms with Crippen LogP contribution in [0.15, 0.2) is 12.3 Å². The Morgan fingerprint density at radius 3 is 2.89 bits per heavy atom. The number of hydrogen-bond donors (Lipinski definition) is 0. The van der Waals surface area contributed by atoms with Crippen LogP contribution < -0.4 is 0 Å². The quantitative estimate of drug-likeness (QED) is 0.789. The molecule has 0 aromatic carbocycles. The maximum atomic E-state index is 8.65. The summed E-state index contributed by atoms with van der Waals surface area (Å²) in [4.78, 5) is 2.27. The average molecular weight is 260 g/mol. The Balaban J connectivity index is 1.90. The molecule has 1 aromatic rings. The van der Waals surface area contributed by atoms with Crippen LogP contribution in [0.1, 0.15) is 57.2 Å². The first-order valence-electron chi connectivity index (χ1n) is 7.47. The van der Waals surface area contributed by atoms with Crippen molar-refractivity contribution in [3.05, 3.63) is 18.0 Å². The fourth-order valence-electron chi connectivity index (χ4n) is 2.80. The minimum Gasteiger partial charge on any atom is -0.297 e. The highest BCUT2D eigenvalue weighted by Gasteiger charge is 2.16. The van der Waals surface area contributed by atoms with Crippen LogP contribution in [-0.4, -0.2) is 27.8 Å². The Morgan fingerprint density at radius 2 is 2.21 bits per heavy atom. The van der Waals surface area contributed by atoms with Crippen LogP contribution in [0, 0.1) is 11.3 Å². The molecule has 1 heterocycles. The van der Waals surface area contributed by atoms with Gasteiger partial charge in [-0.2, -0.15) is 10.4 Å². The fourth-order valence-corrected chi connectivity index (χ4v) is 2.80. The van der Waals surface area contributed by atoms with Gasteiger partial charge in [-0.05, 0) is 25.5 Å². The highest BCUT2D eigenvalue weighted by molar-refractivity contribution is 5.00. The molecule has 4 nitrogen and oxygen atoms in total. The third-order valence-corrected chi connectivity index (χ3v) is 3.99. The van der Waals surface area contributed by atoms with Crippen molar-refractivity contribution in [2.45, 2.75) is 58.0 Å². The summed E-state index contributed by atoms with van der Waals surface area (Å²) in [6, 6.07) is 4.94. The highest BCUT2D eigenvalue weighted by atomic mass is 15.3. The SMILES string of the molecule is CCN(CCC#N)Cc1ccn(C2CCCCC2)n1. The zero-order valence-corrected chi connectivity index (χ0v) is 11.9. The molecule has 0 atom stereocenters. The molecule has 0 aliphatic heterocycles. The summed E-state index contributed by atoms with van der Waals surface area (Å²) in [5, 5.41) is 13.4. The van der Waals surface area contributed by atoms with Crippen LogP contribution in [0.4, 0.5) is 0 Å². The second-order valence-corrected chi connectivity index (χ2v) is 5.36. The van der Waals surface area contributed by atoms with Crippen molar-refractivity contribution in [2.24, 2.45) is 0 Å². The van der Waals surface area contributed by atoms with E-state index in [-0.39, 0.29) is 0 Å². The van der Waals surface area contributed by atoms with E-state index in [9.17, 15) is 0 Å². The van der Waals surface area contributed by atoms with E-state index in [1.165, 1.54) is 32.1 Å². The summed E-state index contributed by atoms with van der Waals surface area (Å²) < 4.78 is 2.16. The highest BCUT2D eigenvalue weighted by Crippen LogP contribution is 2.27. The molecule has 0 bridgehead atoms. The van der Waals surface area contributed by atoms with Gasteiger partial charge >= 0.3 is 0 Å². The number of rotatable bonds is 6. The molecule has 19 heavy (non-hydrogen) atoms. The molecule has 0 spiro atoms. The zero-order chi connectivity index (χ0) is 13.5. The summed E-state index contributed by atoms with van der Waals surface area (Å²) in [7, 11) is 0. The third kappa shape index (κ3) is 4.07. The van der Waals surface area contributed by atoms with Crippen LogP contribution in [0.2, 0.25) is 0 Å². The fraction of sp³-hybridized carbons (Fsp3) is 0.733. The molecular weight excluding hydrogens is 236 g/mol. The van der Waals surface area contributed by atoms with Gasteiger partial charge in [0.1, 0.15) is 0 Å².